The van der Waals surface area contributed by atoms with Gasteiger partial charge in [-0.1, -0.05) is 64.0 Å². The van der Waals surface area contributed by atoms with Crippen LogP contribution in [-0.4, -0.2) is 87.5 Å². The number of carbonyl (C=O) groups excluding carboxylic acids is 1. The first-order valence-corrected chi connectivity index (χ1v) is 17.1. The summed E-state index contributed by atoms with van der Waals surface area (Å²) in [6.07, 6.45) is 3.96. The number of halogens is 1. The molecule has 0 radical (unpaired) electrons. The number of unbranched alkanes of at least 4 members (excludes halogenated alkanes) is 7. The van der Waals surface area contributed by atoms with E-state index in [1.165, 1.54) is 17.7 Å². The van der Waals surface area contributed by atoms with Crippen LogP contribution in [0.15, 0.2) is 48.5 Å². The molecule has 0 aromatic heterocycles. The Hall–Kier alpha value is -2.64. The Balaban J connectivity index is 1.27. The zero-order valence-corrected chi connectivity index (χ0v) is 27.5. The van der Waals surface area contributed by atoms with Gasteiger partial charge in [-0.2, -0.15) is 0 Å². The van der Waals surface area contributed by atoms with Crippen molar-refractivity contribution in [3.63, 3.8) is 0 Å². The number of nitrogens with one attached hydrogen (secondary N) is 1. The van der Waals surface area contributed by atoms with Gasteiger partial charge in [0.15, 0.2) is 6.29 Å². The summed E-state index contributed by atoms with van der Waals surface area (Å²) >= 11 is 0. The van der Waals surface area contributed by atoms with E-state index in [0.29, 0.717) is 25.0 Å². The number of hydrogen-bond acceptors (Lipinski definition) is 9. The highest BCUT2D eigenvalue weighted by molar-refractivity contribution is 5.76. The van der Waals surface area contributed by atoms with Gasteiger partial charge in [0.1, 0.15) is 35.6 Å². The van der Waals surface area contributed by atoms with Crippen LogP contribution in [0, 0.1) is 5.82 Å². The van der Waals surface area contributed by atoms with Crippen molar-refractivity contribution in [1.29, 1.82) is 0 Å². The number of aliphatic hydroxyl groups excluding tert-OH is 5. The van der Waals surface area contributed by atoms with Crippen LogP contribution < -0.4 is 10.1 Å². The predicted molar refractivity (Wildman–Crippen MR) is 175 cm³/mol. The van der Waals surface area contributed by atoms with E-state index in [2.05, 4.69) is 17.4 Å². The molecule has 6 N–H and O–H groups in total. The average Bonchev–Trinajstić information content (AvgIpc) is 3.06. The van der Waals surface area contributed by atoms with Crippen molar-refractivity contribution in [1.82, 2.24) is 5.32 Å². The summed E-state index contributed by atoms with van der Waals surface area (Å²) in [6, 6.07) is 13.0. The van der Waals surface area contributed by atoms with Crippen LogP contribution in [0.1, 0.15) is 89.5 Å². The maximum Gasteiger partial charge on any atom is 0.220 e. The van der Waals surface area contributed by atoms with Crippen LogP contribution in [0.5, 0.6) is 11.5 Å². The van der Waals surface area contributed by atoms with Crippen molar-refractivity contribution in [3.8, 4) is 11.5 Å². The molecule has 4 unspecified atom stereocenters. The fourth-order valence-corrected chi connectivity index (χ4v) is 5.66. The third-order valence-corrected chi connectivity index (χ3v) is 8.48. The van der Waals surface area contributed by atoms with E-state index >= 15 is 0 Å². The van der Waals surface area contributed by atoms with Gasteiger partial charge in [0.05, 0.1) is 31.5 Å². The number of hydrogen-bond donors (Lipinski definition) is 6. The van der Waals surface area contributed by atoms with Gasteiger partial charge in [0, 0.05) is 12.8 Å². The van der Waals surface area contributed by atoms with Gasteiger partial charge in [-0.3, -0.25) is 4.79 Å². The number of benzene rings is 2. The molecular weight excluding hydrogens is 609 g/mol. The third kappa shape index (κ3) is 14.2. The highest BCUT2D eigenvalue weighted by Crippen LogP contribution is 2.24. The minimum absolute atomic E-state index is 0.0412. The molecule has 1 heterocycles. The third-order valence-electron chi connectivity index (χ3n) is 8.48. The SMILES string of the molecule is CCCC(O)[C@@H](O)[C@H](CO[C@H]1OC(CO)C(O)CC1O)NC(=O)CCCCCCCCCCc1ccc(Oc2ccc(F)cc2)cc1. The first kappa shape index (κ1) is 38.8. The average molecular weight is 664 g/mol. The van der Waals surface area contributed by atoms with Crippen LogP contribution in [0.3, 0.4) is 0 Å². The van der Waals surface area contributed by atoms with Crippen molar-refractivity contribution >= 4 is 5.91 Å². The Labute approximate surface area is 277 Å². The molecule has 10 nitrogen and oxygen atoms in total. The van der Waals surface area contributed by atoms with E-state index in [1.807, 2.05) is 19.1 Å². The maximum absolute atomic E-state index is 13.1. The summed E-state index contributed by atoms with van der Waals surface area (Å²) in [7, 11) is 0. The highest BCUT2D eigenvalue weighted by atomic mass is 19.1. The fraction of sp³-hybridized carbons (Fsp3) is 0.639. The first-order valence-electron chi connectivity index (χ1n) is 17.1. The minimum atomic E-state index is -1.28. The van der Waals surface area contributed by atoms with Crippen LogP contribution in [0.25, 0.3) is 0 Å². The monoisotopic (exact) mass is 663 g/mol. The lowest BCUT2D eigenvalue weighted by atomic mass is 10.0. The minimum Gasteiger partial charge on any atom is -0.457 e. The molecule has 7 atom stereocenters. The topological polar surface area (TPSA) is 158 Å². The van der Waals surface area contributed by atoms with E-state index in [9.17, 15) is 34.7 Å². The second-order valence-corrected chi connectivity index (χ2v) is 12.5. The highest BCUT2D eigenvalue weighted by Gasteiger charge is 2.38. The van der Waals surface area contributed by atoms with Gasteiger partial charge < -0.3 is 45.1 Å². The molecule has 3 rings (SSSR count). The summed E-state index contributed by atoms with van der Waals surface area (Å²) in [5, 5.41) is 53.4. The summed E-state index contributed by atoms with van der Waals surface area (Å²) in [4.78, 5) is 12.7. The Morgan fingerprint density at radius 3 is 2.13 bits per heavy atom. The largest absolute Gasteiger partial charge is 0.457 e. The molecule has 0 saturated carbocycles. The van der Waals surface area contributed by atoms with Gasteiger partial charge in [0.2, 0.25) is 5.91 Å². The smallest absolute Gasteiger partial charge is 0.220 e. The molecule has 2 aromatic rings. The quantitative estimate of drug-likeness (QED) is 0.0997. The fourth-order valence-electron chi connectivity index (χ4n) is 5.66. The molecule has 1 aliphatic heterocycles. The van der Waals surface area contributed by atoms with Gasteiger partial charge in [0.25, 0.3) is 0 Å². The normalized spacial score (nSPS) is 21.6. The maximum atomic E-state index is 13.1. The van der Waals surface area contributed by atoms with E-state index in [1.54, 1.807) is 12.1 Å². The lowest BCUT2D eigenvalue weighted by molar-refractivity contribution is -0.273. The number of aliphatic hydroxyl groups is 5. The molecule has 0 bridgehead atoms. The molecule has 1 fully saturated rings. The van der Waals surface area contributed by atoms with Crippen molar-refractivity contribution in [2.24, 2.45) is 0 Å². The molecule has 0 aliphatic carbocycles. The lowest BCUT2D eigenvalue weighted by Crippen LogP contribution is -2.54. The first-order chi connectivity index (χ1) is 22.7. The number of aryl methyl sites for hydroxylation is 1. The molecule has 1 aliphatic rings. The number of rotatable bonds is 22. The van der Waals surface area contributed by atoms with E-state index in [-0.39, 0.29) is 31.2 Å². The number of carbonyl (C=O) groups is 1. The lowest BCUT2D eigenvalue weighted by Gasteiger charge is -2.37. The Kier molecular flexibility index (Phi) is 17.6. The molecule has 264 valence electrons. The van der Waals surface area contributed by atoms with Crippen molar-refractivity contribution in [2.45, 2.75) is 133 Å². The van der Waals surface area contributed by atoms with Gasteiger partial charge in [-0.15, -0.1) is 0 Å². The Morgan fingerprint density at radius 2 is 1.51 bits per heavy atom. The summed E-state index contributed by atoms with van der Waals surface area (Å²) in [5.74, 6) is 0.773. The van der Waals surface area contributed by atoms with Crippen molar-refractivity contribution in [3.05, 3.63) is 59.9 Å². The van der Waals surface area contributed by atoms with Gasteiger partial charge in [-0.25, -0.2) is 4.39 Å². The molecule has 2 aromatic carbocycles. The van der Waals surface area contributed by atoms with Crippen LogP contribution in [0.4, 0.5) is 4.39 Å². The number of amides is 1. The summed E-state index contributed by atoms with van der Waals surface area (Å²) in [6.45, 7) is 1.21. The Bertz CT molecular complexity index is 1140. The Morgan fingerprint density at radius 1 is 0.915 bits per heavy atom. The van der Waals surface area contributed by atoms with E-state index in [4.69, 9.17) is 14.2 Å². The second kappa shape index (κ2) is 21.4. The molecule has 1 saturated heterocycles. The molecule has 11 heteroatoms. The van der Waals surface area contributed by atoms with E-state index < -0.39 is 49.5 Å². The van der Waals surface area contributed by atoms with Crippen molar-refractivity contribution < 1.29 is 48.9 Å². The zero-order chi connectivity index (χ0) is 34.0. The molecule has 47 heavy (non-hydrogen) atoms. The zero-order valence-electron chi connectivity index (χ0n) is 27.5. The molecule has 0 spiro atoms. The van der Waals surface area contributed by atoms with Gasteiger partial charge in [-0.05, 0) is 67.6 Å². The summed E-state index contributed by atoms with van der Waals surface area (Å²) < 4.78 is 29.9. The predicted octanol–water partition coefficient (Wildman–Crippen LogP) is 4.52. The number of ether oxygens (including phenoxy) is 3. The van der Waals surface area contributed by atoms with Gasteiger partial charge >= 0.3 is 0 Å². The van der Waals surface area contributed by atoms with Crippen molar-refractivity contribution in [2.75, 3.05) is 13.2 Å². The summed E-state index contributed by atoms with van der Waals surface area (Å²) in [5.41, 5.74) is 1.26. The second-order valence-electron chi connectivity index (χ2n) is 12.5. The standard InChI is InChI=1S/C36H54FNO9/c1-2-11-30(40)35(44)29(24-45-36-32(42)22-31(41)33(23-39)47-36)38-34(43)13-10-8-6-4-3-5-7-9-12-25-14-18-27(19-15-25)46-28-20-16-26(37)17-21-28/h14-21,29-33,35-36,39-42,44H,2-13,22-24H2,1H3,(H,38,43)/t29-,30?,31?,32?,33?,35-,36-/m0/s1. The molecule has 1 amide bonds. The van der Waals surface area contributed by atoms with Crippen LogP contribution in [-0.2, 0) is 20.7 Å². The van der Waals surface area contributed by atoms with Crippen LogP contribution >= 0.6 is 0 Å². The van der Waals surface area contributed by atoms with Crippen LogP contribution in [0.2, 0.25) is 0 Å². The molecular formula is C36H54FNO9. The van der Waals surface area contributed by atoms with E-state index in [0.717, 1.165) is 57.1 Å².